The SMILES string of the molecule is Cc1cc(C)c(NC(=O)CC2(N)CCCC2)c(C)c1. The zero-order valence-corrected chi connectivity index (χ0v) is 12.2. The maximum absolute atomic E-state index is 12.2. The molecule has 19 heavy (non-hydrogen) atoms. The van der Waals surface area contributed by atoms with E-state index in [1.54, 1.807) is 0 Å². The Bertz CT molecular complexity index is 465. The van der Waals surface area contributed by atoms with Crippen LogP contribution in [0.15, 0.2) is 12.1 Å². The van der Waals surface area contributed by atoms with Crippen molar-refractivity contribution in [2.24, 2.45) is 5.73 Å². The molecule has 1 aliphatic rings. The fourth-order valence-electron chi connectivity index (χ4n) is 3.14. The highest BCUT2D eigenvalue weighted by Gasteiger charge is 2.31. The molecule has 1 amide bonds. The van der Waals surface area contributed by atoms with E-state index in [4.69, 9.17) is 5.73 Å². The number of hydrogen-bond donors (Lipinski definition) is 2. The number of hydrogen-bond acceptors (Lipinski definition) is 2. The van der Waals surface area contributed by atoms with Crippen LogP contribution in [-0.4, -0.2) is 11.4 Å². The second kappa shape index (κ2) is 5.33. The van der Waals surface area contributed by atoms with Crippen molar-refractivity contribution < 1.29 is 4.79 Å². The van der Waals surface area contributed by atoms with Crippen LogP contribution in [0.1, 0.15) is 48.8 Å². The van der Waals surface area contributed by atoms with Gasteiger partial charge in [0.25, 0.3) is 0 Å². The molecule has 104 valence electrons. The third-order valence-electron chi connectivity index (χ3n) is 4.05. The van der Waals surface area contributed by atoms with Gasteiger partial charge in [0.1, 0.15) is 0 Å². The van der Waals surface area contributed by atoms with Crippen molar-refractivity contribution >= 4 is 11.6 Å². The zero-order valence-electron chi connectivity index (χ0n) is 12.2. The molecule has 0 aliphatic heterocycles. The molecule has 0 unspecified atom stereocenters. The predicted octanol–water partition coefficient (Wildman–Crippen LogP) is 3.21. The second-order valence-electron chi connectivity index (χ2n) is 6.07. The molecule has 0 saturated heterocycles. The van der Waals surface area contributed by atoms with Gasteiger partial charge in [0.15, 0.2) is 0 Å². The second-order valence-corrected chi connectivity index (χ2v) is 6.07. The van der Waals surface area contributed by atoms with Gasteiger partial charge in [0.05, 0.1) is 0 Å². The van der Waals surface area contributed by atoms with Crippen molar-refractivity contribution in [1.29, 1.82) is 0 Å². The summed E-state index contributed by atoms with van der Waals surface area (Å²) in [7, 11) is 0. The van der Waals surface area contributed by atoms with Crippen LogP contribution in [0.25, 0.3) is 0 Å². The van der Waals surface area contributed by atoms with Crippen molar-refractivity contribution in [1.82, 2.24) is 0 Å². The van der Waals surface area contributed by atoms with Crippen molar-refractivity contribution in [3.05, 3.63) is 28.8 Å². The monoisotopic (exact) mass is 260 g/mol. The molecule has 3 nitrogen and oxygen atoms in total. The van der Waals surface area contributed by atoms with E-state index in [9.17, 15) is 4.79 Å². The molecule has 0 spiro atoms. The van der Waals surface area contributed by atoms with Crippen LogP contribution >= 0.6 is 0 Å². The first-order chi connectivity index (χ1) is 8.89. The molecule has 1 saturated carbocycles. The van der Waals surface area contributed by atoms with E-state index in [0.717, 1.165) is 42.5 Å². The summed E-state index contributed by atoms with van der Waals surface area (Å²) >= 11 is 0. The number of rotatable bonds is 3. The van der Waals surface area contributed by atoms with Gasteiger partial charge in [-0.15, -0.1) is 0 Å². The van der Waals surface area contributed by atoms with Gasteiger partial charge in [-0.25, -0.2) is 0 Å². The van der Waals surface area contributed by atoms with Crippen LogP contribution in [0.3, 0.4) is 0 Å². The number of carbonyl (C=O) groups is 1. The minimum absolute atomic E-state index is 0.0412. The Balaban J connectivity index is 2.07. The highest BCUT2D eigenvalue weighted by Crippen LogP contribution is 2.31. The van der Waals surface area contributed by atoms with E-state index in [1.807, 2.05) is 13.8 Å². The maximum atomic E-state index is 12.2. The summed E-state index contributed by atoms with van der Waals surface area (Å²) in [5.74, 6) is 0.0412. The van der Waals surface area contributed by atoms with Crippen LogP contribution in [0.2, 0.25) is 0 Å². The zero-order chi connectivity index (χ0) is 14.0. The van der Waals surface area contributed by atoms with Gasteiger partial charge in [-0.2, -0.15) is 0 Å². The van der Waals surface area contributed by atoms with Crippen molar-refractivity contribution in [3.63, 3.8) is 0 Å². The van der Waals surface area contributed by atoms with Crippen LogP contribution in [0, 0.1) is 20.8 Å². The van der Waals surface area contributed by atoms with E-state index in [-0.39, 0.29) is 11.4 Å². The summed E-state index contributed by atoms with van der Waals surface area (Å²) in [5.41, 5.74) is 10.4. The van der Waals surface area contributed by atoms with E-state index >= 15 is 0 Å². The number of nitrogens with two attached hydrogens (primary N) is 1. The van der Waals surface area contributed by atoms with Crippen LogP contribution in [0.4, 0.5) is 5.69 Å². The summed E-state index contributed by atoms with van der Waals surface area (Å²) in [5, 5.41) is 3.04. The minimum Gasteiger partial charge on any atom is -0.326 e. The van der Waals surface area contributed by atoms with E-state index in [2.05, 4.69) is 24.4 Å². The molecule has 0 radical (unpaired) electrons. The Kier molecular flexibility index (Phi) is 3.95. The Hall–Kier alpha value is -1.35. The number of nitrogens with one attached hydrogen (secondary N) is 1. The average molecular weight is 260 g/mol. The third kappa shape index (κ3) is 3.35. The van der Waals surface area contributed by atoms with Gasteiger partial charge in [-0.05, 0) is 44.7 Å². The van der Waals surface area contributed by atoms with E-state index < -0.39 is 0 Å². The van der Waals surface area contributed by atoms with Gasteiger partial charge in [0.2, 0.25) is 5.91 Å². The molecule has 0 aromatic heterocycles. The molecule has 1 aliphatic carbocycles. The molecule has 0 heterocycles. The Morgan fingerprint density at radius 1 is 1.21 bits per heavy atom. The minimum atomic E-state index is -0.281. The number of benzene rings is 1. The summed E-state index contributed by atoms with van der Waals surface area (Å²) in [6.45, 7) is 6.13. The molecule has 2 rings (SSSR count). The number of amides is 1. The number of aryl methyl sites for hydroxylation is 3. The fraction of sp³-hybridized carbons (Fsp3) is 0.562. The molecular formula is C16H24N2O. The lowest BCUT2D eigenvalue weighted by molar-refractivity contribution is -0.117. The quantitative estimate of drug-likeness (QED) is 0.876. The molecule has 3 N–H and O–H groups in total. The lowest BCUT2D eigenvalue weighted by Gasteiger charge is -2.23. The van der Waals surface area contributed by atoms with Crippen LogP contribution in [0.5, 0.6) is 0 Å². The first kappa shape index (κ1) is 14.1. The lowest BCUT2D eigenvalue weighted by atomic mass is 9.94. The number of carbonyl (C=O) groups excluding carboxylic acids is 1. The summed E-state index contributed by atoms with van der Waals surface area (Å²) in [6, 6.07) is 4.19. The van der Waals surface area contributed by atoms with E-state index in [0.29, 0.717) is 6.42 Å². The highest BCUT2D eigenvalue weighted by atomic mass is 16.1. The molecule has 0 bridgehead atoms. The van der Waals surface area contributed by atoms with Crippen LogP contribution < -0.4 is 11.1 Å². The standard InChI is InChI=1S/C16H24N2O/c1-11-8-12(2)15(13(3)9-11)18-14(19)10-16(17)6-4-5-7-16/h8-9H,4-7,10,17H2,1-3H3,(H,18,19). The molecule has 1 fully saturated rings. The normalized spacial score (nSPS) is 17.5. The first-order valence-corrected chi connectivity index (χ1v) is 7.06. The molecule has 0 atom stereocenters. The summed E-state index contributed by atoms with van der Waals surface area (Å²) in [4.78, 5) is 12.2. The van der Waals surface area contributed by atoms with Gasteiger partial charge in [-0.3, -0.25) is 4.79 Å². The maximum Gasteiger partial charge on any atom is 0.226 e. The fourth-order valence-corrected chi connectivity index (χ4v) is 3.14. The largest absolute Gasteiger partial charge is 0.326 e. The van der Waals surface area contributed by atoms with E-state index in [1.165, 1.54) is 5.56 Å². The van der Waals surface area contributed by atoms with Crippen molar-refractivity contribution in [3.8, 4) is 0 Å². The average Bonchev–Trinajstić information content (AvgIpc) is 2.70. The van der Waals surface area contributed by atoms with Crippen molar-refractivity contribution in [2.45, 2.75) is 58.4 Å². The van der Waals surface area contributed by atoms with Crippen LogP contribution in [-0.2, 0) is 4.79 Å². The molecular weight excluding hydrogens is 236 g/mol. The summed E-state index contributed by atoms with van der Waals surface area (Å²) in [6.07, 6.45) is 4.65. The Labute approximate surface area is 115 Å². The van der Waals surface area contributed by atoms with Gasteiger partial charge >= 0.3 is 0 Å². The Morgan fingerprint density at radius 2 is 1.74 bits per heavy atom. The highest BCUT2D eigenvalue weighted by molar-refractivity contribution is 5.93. The smallest absolute Gasteiger partial charge is 0.226 e. The first-order valence-electron chi connectivity index (χ1n) is 7.06. The topological polar surface area (TPSA) is 55.1 Å². The Morgan fingerprint density at radius 3 is 2.26 bits per heavy atom. The van der Waals surface area contributed by atoms with Gasteiger partial charge in [0, 0.05) is 17.6 Å². The third-order valence-corrected chi connectivity index (χ3v) is 4.05. The molecule has 3 heteroatoms. The van der Waals surface area contributed by atoms with Gasteiger partial charge < -0.3 is 11.1 Å². The lowest BCUT2D eigenvalue weighted by Crippen LogP contribution is -2.40. The molecule has 1 aromatic rings. The van der Waals surface area contributed by atoms with Crippen molar-refractivity contribution in [2.75, 3.05) is 5.32 Å². The summed E-state index contributed by atoms with van der Waals surface area (Å²) < 4.78 is 0. The number of anilines is 1. The van der Waals surface area contributed by atoms with Gasteiger partial charge in [-0.1, -0.05) is 30.5 Å². The molecule has 1 aromatic carbocycles. The predicted molar refractivity (Wildman–Crippen MR) is 79.3 cm³/mol.